The van der Waals surface area contributed by atoms with E-state index in [4.69, 9.17) is 39.1 Å². The molecule has 10 N–H and O–H groups in total. The topological polar surface area (TPSA) is 287 Å². The second kappa shape index (κ2) is 11.6. The Morgan fingerprint density at radius 1 is 1.22 bits per heavy atom. The average Bonchev–Trinajstić information content (AvgIpc) is 3.31. The molecule has 3 heterocycles. The molecule has 22 heteroatoms. The van der Waals surface area contributed by atoms with Crippen molar-refractivity contribution in [3.63, 3.8) is 0 Å². The molecule has 36 heavy (non-hydrogen) atoms. The van der Waals surface area contributed by atoms with Crippen molar-refractivity contribution < 1.29 is 61.6 Å². The monoisotopic (exact) mass is 580 g/mol. The number of imidazole rings is 1. The smallest absolute Gasteiger partial charge is 0.369 e. The van der Waals surface area contributed by atoms with Gasteiger partial charge in [0.05, 0.1) is 27.7 Å². The fraction of sp³-hybridized carbons (Fsp3) is 0.500. The predicted octanol–water partition coefficient (Wildman–Crippen LogP) is -1.44. The maximum absolute atomic E-state index is 12.1. The van der Waals surface area contributed by atoms with Crippen molar-refractivity contribution in [1.82, 2.24) is 19.5 Å². The van der Waals surface area contributed by atoms with E-state index in [0.29, 0.717) is 0 Å². The lowest BCUT2D eigenvalue weighted by Gasteiger charge is -2.18. The van der Waals surface area contributed by atoms with E-state index in [-0.39, 0.29) is 36.9 Å². The number of nitrogens with zero attached hydrogens (tertiary/aromatic N) is 3. The summed E-state index contributed by atoms with van der Waals surface area (Å²) in [5, 5.41) is 0. The Labute approximate surface area is 203 Å². The number of nitrogens with two attached hydrogens (primary N) is 1. The highest BCUT2D eigenvalue weighted by molar-refractivity contribution is 7.73. The third kappa shape index (κ3) is 8.08. The summed E-state index contributed by atoms with van der Waals surface area (Å²) in [6.07, 6.45) is 0.184. The first-order chi connectivity index (χ1) is 16.7. The lowest BCUT2D eigenvalue weighted by Crippen LogP contribution is -2.30. The lowest BCUT2D eigenvalue weighted by atomic mass is 10.2. The largest absolute Gasteiger partial charge is 0.667 e. The van der Waals surface area contributed by atoms with Gasteiger partial charge in [-0.2, -0.15) is 39.2 Å². The molecule has 0 radical (unpaired) electrons. The van der Waals surface area contributed by atoms with Crippen LogP contribution in [0.1, 0.15) is 12.6 Å². The molecule has 1 aliphatic heterocycles. The van der Waals surface area contributed by atoms with Gasteiger partial charge in [-0.25, -0.2) is 4.98 Å². The fourth-order valence-electron chi connectivity index (χ4n) is 3.11. The van der Waals surface area contributed by atoms with Crippen LogP contribution in [0.4, 0.5) is 5.95 Å². The Bertz CT molecular complexity index is 1110. The van der Waals surface area contributed by atoms with Crippen LogP contribution in [-0.2, 0) is 27.4 Å². The molecule has 0 spiro atoms. The highest BCUT2D eigenvalue weighted by Gasteiger charge is 2.69. The van der Waals surface area contributed by atoms with Gasteiger partial charge in [-0.1, -0.05) is 6.08 Å². The van der Waals surface area contributed by atoms with Crippen LogP contribution in [0.5, 0.6) is 0 Å². The van der Waals surface area contributed by atoms with Crippen molar-refractivity contribution >= 4 is 41.6 Å². The Balaban J connectivity index is 1.73. The lowest BCUT2D eigenvalue weighted by molar-refractivity contribution is -0.113. The Kier molecular flexibility index (Phi) is 9.41. The minimum atomic E-state index is -5.32. The maximum atomic E-state index is 12.1. The molecular weight excluding hydrogens is 555 g/mol. The minimum Gasteiger partial charge on any atom is -0.369 e. The van der Waals surface area contributed by atoms with E-state index in [1.54, 1.807) is 0 Å². The third-order valence-electron chi connectivity index (χ3n) is 4.38. The Morgan fingerprint density at radius 3 is 2.61 bits per heavy atom. The van der Waals surface area contributed by atoms with E-state index < -0.39 is 55.1 Å². The van der Waals surface area contributed by atoms with E-state index in [9.17, 15) is 24.4 Å². The SMILES string of the molecule is C=CCOCOC1C[C@H](n2cnc3c(=O)[nH]c(N)nc32)O[C@@H]1CO[P+](O)(O)O[P+](O)(O)O[P+](O)(O)O. The van der Waals surface area contributed by atoms with Crippen molar-refractivity contribution in [1.29, 1.82) is 0 Å². The van der Waals surface area contributed by atoms with Crippen LogP contribution in [-0.4, -0.2) is 86.0 Å². The van der Waals surface area contributed by atoms with Gasteiger partial charge in [-0.3, -0.25) is 14.3 Å². The number of anilines is 1. The van der Waals surface area contributed by atoms with Gasteiger partial charge in [0.15, 0.2) is 11.2 Å². The van der Waals surface area contributed by atoms with Crippen molar-refractivity contribution in [2.75, 3.05) is 25.7 Å². The van der Waals surface area contributed by atoms with Gasteiger partial charge >= 0.3 is 24.5 Å². The first kappa shape index (κ1) is 29.2. The number of aromatic nitrogens is 4. The summed E-state index contributed by atoms with van der Waals surface area (Å²) in [6.45, 7) is 2.81. The molecule has 1 unspecified atom stereocenters. The molecule has 1 aliphatic rings. The highest BCUT2D eigenvalue weighted by Crippen LogP contribution is 2.75. The molecule has 202 valence electrons. The second-order valence-electron chi connectivity index (χ2n) is 7.08. The summed E-state index contributed by atoms with van der Waals surface area (Å²) in [7, 11) is -15.6. The molecule has 0 saturated carbocycles. The number of H-pyrrole nitrogens is 1. The quantitative estimate of drug-likeness (QED) is 0.0567. The van der Waals surface area contributed by atoms with Crippen LogP contribution in [0.3, 0.4) is 0 Å². The van der Waals surface area contributed by atoms with Crippen LogP contribution < -0.4 is 11.3 Å². The van der Waals surface area contributed by atoms with Gasteiger partial charge in [0.1, 0.15) is 25.7 Å². The minimum absolute atomic E-state index is 0.00916. The number of nitrogen functional groups attached to an aromatic ring is 1. The number of ether oxygens (including phenoxy) is 3. The summed E-state index contributed by atoms with van der Waals surface area (Å²) < 4.78 is 30.7. The molecule has 19 nitrogen and oxygen atoms in total. The van der Waals surface area contributed by atoms with E-state index in [2.05, 4.69) is 30.2 Å². The normalized spacial score (nSPS) is 21.4. The molecule has 0 aromatic carbocycles. The molecule has 2 aromatic rings. The van der Waals surface area contributed by atoms with E-state index in [1.165, 1.54) is 17.0 Å². The molecule has 0 amide bonds. The number of aromatic amines is 1. The summed E-state index contributed by atoms with van der Waals surface area (Å²) in [5.41, 5.74) is 5.13. The average molecular weight is 580 g/mol. The van der Waals surface area contributed by atoms with E-state index in [0.717, 1.165) is 0 Å². The van der Waals surface area contributed by atoms with Crippen LogP contribution in [0.2, 0.25) is 0 Å². The van der Waals surface area contributed by atoms with Gasteiger partial charge in [0, 0.05) is 6.42 Å². The van der Waals surface area contributed by atoms with Crippen molar-refractivity contribution in [2.24, 2.45) is 0 Å². The van der Waals surface area contributed by atoms with Gasteiger partial charge in [0.2, 0.25) is 5.95 Å². The van der Waals surface area contributed by atoms with Crippen molar-refractivity contribution in [2.45, 2.75) is 24.9 Å². The summed E-state index contributed by atoms with van der Waals surface area (Å²) in [6, 6.07) is 0. The summed E-state index contributed by atoms with van der Waals surface area (Å²) >= 11 is 0. The first-order valence-electron chi connectivity index (χ1n) is 9.71. The molecule has 0 aliphatic carbocycles. The van der Waals surface area contributed by atoms with Crippen molar-refractivity contribution in [3.05, 3.63) is 29.3 Å². The zero-order chi connectivity index (χ0) is 26.7. The van der Waals surface area contributed by atoms with Gasteiger partial charge in [-0.05, 0) is 0 Å². The maximum Gasteiger partial charge on any atom is 0.667 e. The van der Waals surface area contributed by atoms with E-state index in [1.807, 2.05) is 0 Å². The van der Waals surface area contributed by atoms with Crippen LogP contribution in [0.15, 0.2) is 23.8 Å². The van der Waals surface area contributed by atoms with Gasteiger partial charge < -0.3 is 19.9 Å². The summed E-state index contributed by atoms with van der Waals surface area (Å²) in [5.74, 6) is -0.160. The van der Waals surface area contributed by atoms with E-state index >= 15 is 0 Å². The van der Waals surface area contributed by atoms with Gasteiger partial charge in [-0.15, -0.1) is 11.1 Å². The summed E-state index contributed by atoms with van der Waals surface area (Å²) in [4.78, 5) is 87.5. The third-order valence-corrected chi connectivity index (χ3v) is 8.29. The molecule has 2 aromatic heterocycles. The predicted molar refractivity (Wildman–Crippen MR) is 121 cm³/mol. The molecule has 1 fully saturated rings. The molecule has 3 atom stereocenters. The zero-order valence-corrected chi connectivity index (χ0v) is 20.9. The molecule has 3 rings (SSSR count). The van der Waals surface area contributed by atoms with Gasteiger partial charge in [0.25, 0.3) is 5.56 Å². The molecular formula is C14H25N5O14P3+3. The fourth-order valence-corrected chi connectivity index (χ4v) is 6.27. The zero-order valence-electron chi connectivity index (χ0n) is 18.2. The Hall–Kier alpha value is -1.34. The van der Waals surface area contributed by atoms with Crippen LogP contribution >= 0.6 is 24.5 Å². The first-order valence-corrected chi connectivity index (χ1v) is 14.3. The number of hydrogen-bond acceptors (Lipinski definition) is 17. The molecule has 0 bridgehead atoms. The van der Waals surface area contributed by atoms with Crippen molar-refractivity contribution in [3.8, 4) is 0 Å². The standard InChI is InChI=1S/C14H24N5O14P3/c1-2-3-28-7-29-8-4-10(19-6-16-11-12(19)17-14(15)18-13(11)20)31-9(8)5-30-35(24,25)33-36(26,27)32-34(21,22)23/h2,6,8-10,21-27H,1,3-5,7H2,(H2-,15,17,18,20)/q+2/p+1/t8?,9-,10-/m1/s1. The second-order valence-corrected chi connectivity index (χ2v) is 11.6. The number of fused-ring (bicyclic) bond motifs is 1. The Morgan fingerprint density at radius 2 is 1.94 bits per heavy atom. The number of hydrogen-bond donors (Lipinski definition) is 9. The van der Waals surface area contributed by atoms with Crippen LogP contribution in [0.25, 0.3) is 11.2 Å². The van der Waals surface area contributed by atoms with Crippen LogP contribution in [0, 0.1) is 0 Å². The number of nitrogens with one attached hydrogen (secondary N) is 1. The number of rotatable bonds is 13. The highest BCUT2D eigenvalue weighted by atomic mass is 31.3. The molecule has 1 saturated heterocycles.